The smallest absolute Gasteiger partial charge is 0.237 e. The van der Waals surface area contributed by atoms with Gasteiger partial charge in [-0.05, 0) is 6.42 Å². The van der Waals surface area contributed by atoms with Crippen LogP contribution < -0.4 is 11.1 Å². The number of carbonyl (C=O) groups excluding carboxylic acids is 1. The van der Waals surface area contributed by atoms with Crippen molar-refractivity contribution in [2.24, 2.45) is 12.8 Å². The lowest BCUT2D eigenvalue weighted by atomic mass is 10.1. The lowest BCUT2D eigenvalue weighted by molar-refractivity contribution is -0.122. The first-order chi connectivity index (χ1) is 7.13. The highest BCUT2D eigenvalue weighted by atomic mass is 16.2. The Morgan fingerprint density at radius 1 is 1.73 bits per heavy atom. The van der Waals surface area contributed by atoms with E-state index >= 15 is 0 Å². The Morgan fingerprint density at radius 3 is 3.00 bits per heavy atom. The van der Waals surface area contributed by atoms with Gasteiger partial charge in [0, 0.05) is 25.4 Å². The Labute approximate surface area is 89.6 Å². The predicted octanol–water partition coefficient (Wildman–Crippen LogP) is 0.164. The first kappa shape index (κ1) is 11.7. The van der Waals surface area contributed by atoms with E-state index in [-0.39, 0.29) is 5.91 Å². The summed E-state index contributed by atoms with van der Waals surface area (Å²) < 4.78 is 1.70. The molecule has 1 amide bonds. The second-order valence-electron chi connectivity index (χ2n) is 3.64. The van der Waals surface area contributed by atoms with Gasteiger partial charge in [-0.15, -0.1) is 0 Å². The molecule has 0 spiro atoms. The summed E-state index contributed by atoms with van der Waals surface area (Å²) in [7, 11) is 1.84. The zero-order chi connectivity index (χ0) is 11.3. The summed E-state index contributed by atoms with van der Waals surface area (Å²) in [5, 5.41) is 6.79. The molecule has 0 aromatic carbocycles. The van der Waals surface area contributed by atoms with Crippen LogP contribution in [0.2, 0.25) is 0 Å². The fraction of sp³-hybridized carbons (Fsp3) is 0.600. The molecule has 1 heterocycles. The van der Waals surface area contributed by atoms with Gasteiger partial charge >= 0.3 is 0 Å². The molecule has 1 aromatic heterocycles. The molecule has 1 atom stereocenters. The number of hydrogen-bond donors (Lipinski definition) is 2. The summed E-state index contributed by atoms with van der Waals surface area (Å²) in [6.45, 7) is 2.50. The van der Waals surface area contributed by atoms with Gasteiger partial charge in [0.2, 0.25) is 5.91 Å². The van der Waals surface area contributed by atoms with Crippen molar-refractivity contribution in [2.75, 3.05) is 0 Å². The van der Waals surface area contributed by atoms with Crippen molar-refractivity contribution in [1.29, 1.82) is 0 Å². The number of nitrogens with two attached hydrogens (primary N) is 1. The number of hydrogen-bond acceptors (Lipinski definition) is 3. The van der Waals surface area contributed by atoms with Gasteiger partial charge in [0.05, 0.1) is 12.2 Å². The first-order valence-corrected chi connectivity index (χ1v) is 5.14. The first-order valence-electron chi connectivity index (χ1n) is 5.14. The van der Waals surface area contributed by atoms with E-state index in [9.17, 15) is 4.79 Å². The Balaban J connectivity index is 2.34. The van der Waals surface area contributed by atoms with Crippen molar-refractivity contribution in [3.05, 3.63) is 18.0 Å². The van der Waals surface area contributed by atoms with Crippen LogP contribution in [0.4, 0.5) is 0 Å². The number of aromatic nitrogens is 2. The monoisotopic (exact) mass is 210 g/mol. The number of rotatable bonds is 5. The van der Waals surface area contributed by atoms with Crippen molar-refractivity contribution < 1.29 is 4.79 Å². The van der Waals surface area contributed by atoms with Crippen molar-refractivity contribution in [2.45, 2.75) is 32.4 Å². The Kier molecular flexibility index (Phi) is 4.30. The molecule has 0 saturated heterocycles. The van der Waals surface area contributed by atoms with Crippen LogP contribution in [-0.2, 0) is 18.4 Å². The number of nitrogens with one attached hydrogen (secondary N) is 1. The Morgan fingerprint density at radius 2 is 2.47 bits per heavy atom. The van der Waals surface area contributed by atoms with Crippen LogP contribution in [0.5, 0.6) is 0 Å². The molecule has 0 aliphatic heterocycles. The zero-order valence-corrected chi connectivity index (χ0v) is 9.23. The maximum atomic E-state index is 11.4. The molecular weight excluding hydrogens is 192 g/mol. The molecule has 1 rings (SSSR count). The minimum atomic E-state index is -0.397. The highest BCUT2D eigenvalue weighted by Gasteiger charge is 2.11. The SMILES string of the molecule is CCC[C@@H](N)C(=O)NCc1cnn(C)c1. The van der Waals surface area contributed by atoms with Crippen LogP contribution in [0.15, 0.2) is 12.4 Å². The molecule has 5 nitrogen and oxygen atoms in total. The number of carbonyl (C=O) groups is 1. The van der Waals surface area contributed by atoms with Crippen LogP contribution >= 0.6 is 0 Å². The van der Waals surface area contributed by atoms with E-state index in [4.69, 9.17) is 5.73 Å². The zero-order valence-electron chi connectivity index (χ0n) is 9.23. The van der Waals surface area contributed by atoms with Gasteiger partial charge in [0.15, 0.2) is 0 Å². The van der Waals surface area contributed by atoms with Gasteiger partial charge in [-0.3, -0.25) is 9.48 Å². The number of nitrogens with zero attached hydrogens (tertiary/aromatic N) is 2. The summed E-state index contributed by atoms with van der Waals surface area (Å²) in [5.41, 5.74) is 6.65. The average Bonchev–Trinajstić information content (AvgIpc) is 2.61. The molecule has 0 aliphatic rings. The molecule has 5 heteroatoms. The number of aryl methyl sites for hydroxylation is 1. The lowest BCUT2D eigenvalue weighted by Crippen LogP contribution is -2.39. The largest absolute Gasteiger partial charge is 0.351 e. The van der Waals surface area contributed by atoms with E-state index in [0.717, 1.165) is 18.4 Å². The highest BCUT2D eigenvalue weighted by molar-refractivity contribution is 5.81. The molecule has 3 N–H and O–H groups in total. The van der Waals surface area contributed by atoms with Gasteiger partial charge in [0.25, 0.3) is 0 Å². The third-order valence-electron chi connectivity index (χ3n) is 2.16. The lowest BCUT2D eigenvalue weighted by Gasteiger charge is -2.09. The maximum Gasteiger partial charge on any atom is 0.237 e. The summed E-state index contributed by atoms with van der Waals surface area (Å²) in [5.74, 6) is -0.0966. The predicted molar refractivity (Wildman–Crippen MR) is 57.9 cm³/mol. The normalized spacial score (nSPS) is 12.5. The Hall–Kier alpha value is -1.36. The quantitative estimate of drug-likeness (QED) is 0.727. The third-order valence-corrected chi connectivity index (χ3v) is 2.16. The Bertz CT molecular complexity index is 321. The second-order valence-corrected chi connectivity index (χ2v) is 3.64. The van der Waals surface area contributed by atoms with Crippen LogP contribution in [0, 0.1) is 0 Å². The summed E-state index contributed by atoms with van der Waals surface area (Å²) in [6, 6.07) is -0.397. The van der Waals surface area contributed by atoms with Crippen LogP contribution in [0.3, 0.4) is 0 Å². The van der Waals surface area contributed by atoms with Crippen LogP contribution in [0.1, 0.15) is 25.3 Å². The molecular formula is C10H18N4O. The maximum absolute atomic E-state index is 11.4. The molecule has 0 radical (unpaired) electrons. The van der Waals surface area contributed by atoms with Crippen molar-refractivity contribution in [3.8, 4) is 0 Å². The fourth-order valence-electron chi connectivity index (χ4n) is 1.33. The van der Waals surface area contributed by atoms with E-state index < -0.39 is 6.04 Å². The average molecular weight is 210 g/mol. The van der Waals surface area contributed by atoms with Gasteiger partial charge in [-0.1, -0.05) is 13.3 Å². The number of amides is 1. The van der Waals surface area contributed by atoms with Crippen molar-refractivity contribution >= 4 is 5.91 Å². The standard InChI is InChI=1S/C10H18N4O/c1-3-4-9(11)10(15)12-5-8-6-13-14(2)7-8/h6-7,9H,3-5,11H2,1-2H3,(H,12,15)/t9-/m1/s1. The van der Waals surface area contributed by atoms with Crippen LogP contribution in [-0.4, -0.2) is 21.7 Å². The van der Waals surface area contributed by atoms with Gasteiger partial charge < -0.3 is 11.1 Å². The van der Waals surface area contributed by atoms with E-state index in [1.165, 1.54) is 0 Å². The molecule has 0 saturated carbocycles. The highest BCUT2D eigenvalue weighted by Crippen LogP contribution is 1.97. The molecule has 84 valence electrons. The van der Waals surface area contributed by atoms with Gasteiger partial charge in [0.1, 0.15) is 0 Å². The molecule has 0 unspecified atom stereocenters. The fourth-order valence-corrected chi connectivity index (χ4v) is 1.33. The second kappa shape index (κ2) is 5.50. The van der Waals surface area contributed by atoms with E-state index in [0.29, 0.717) is 6.54 Å². The molecule has 1 aromatic rings. The minimum Gasteiger partial charge on any atom is -0.351 e. The van der Waals surface area contributed by atoms with Gasteiger partial charge in [-0.25, -0.2) is 0 Å². The molecule has 0 fully saturated rings. The summed E-state index contributed by atoms with van der Waals surface area (Å²) in [6.07, 6.45) is 5.23. The topological polar surface area (TPSA) is 72.9 Å². The molecule has 0 bridgehead atoms. The summed E-state index contributed by atoms with van der Waals surface area (Å²) in [4.78, 5) is 11.4. The third kappa shape index (κ3) is 3.71. The van der Waals surface area contributed by atoms with E-state index in [1.807, 2.05) is 20.2 Å². The van der Waals surface area contributed by atoms with E-state index in [2.05, 4.69) is 10.4 Å². The minimum absolute atomic E-state index is 0.0966. The van der Waals surface area contributed by atoms with Crippen molar-refractivity contribution in [1.82, 2.24) is 15.1 Å². The molecule has 0 aliphatic carbocycles. The summed E-state index contributed by atoms with van der Waals surface area (Å²) >= 11 is 0. The van der Waals surface area contributed by atoms with Crippen molar-refractivity contribution in [3.63, 3.8) is 0 Å². The van der Waals surface area contributed by atoms with E-state index in [1.54, 1.807) is 10.9 Å². The van der Waals surface area contributed by atoms with Crippen LogP contribution in [0.25, 0.3) is 0 Å². The van der Waals surface area contributed by atoms with Gasteiger partial charge in [-0.2, -0.15) is 5.10 Å². The molecule has 15 heavy (non-hydrogen) atoms.